The monoisotopic (exact) mass is 694 g/mol. The van der Waals surface area contributed by atoms with E-state index in [1.165, 1.54) is 25.8 Å². The van der Waals surface area contributed by atoms with Crippen molar-refractivity contribution in [2.45, 2.75) is 28.2 Å². The lowest BCUT2D eigenvalue weighted by Gasteiger charge is -2.19. The minimum absolute atomic E-state index is 0.266. The molecule has 0 N–H and O–H groups in total. The molecule has 4 aromatic carbocycles. The van der Waals surface area contributed by atoms with Crippen LogP contribution in [0, 0.1) is 7.14 Å². The highest BCUT2D eigenvalue weighted by Crippen LogP contribution is 2.62. The molecule has 6 heteroatoms. The van der Waals surface area contributed by atoms with Crippen molar-refractivity contribution in [1.82, 2.24) is 0 Å². The molecule has 0 saturated carbocycles. The van der Waals surface area contributed by atoms with Gasteiger partial charge in [0.25, 0.3) is 0 Å². The van der Waals surface area contributed by atoms with Crippen LogP contribution in [-0.4, -0.2) is 13.4 Å². The maximum absolute atomic E-state index is 6.13. The zero-order chi connectivity index (χ0) is 23.5. The predicted octanol–water partition coefficient (Wildman–Crippen LogP) is 8.31. The van der Waals surface area contributed by atoms with Crippen molar-refractivity contribution in [3.05, 3.63) is 97.6 Å². The third-order valence-electron chi connectivity index (χ3n) is 5.63. The van der Waals surface area contributed by atoms with Gasteiger partial charge in [0.2, 0.25) is 0 Å². The van der Waals surface area contributed by atoms with Gasteiger partial charge in [0.05, 0.1) is 7.14 Å². The second-order valence-electron chi connectivity index (χ2n) is 7.80. The zero-order valence-electron chi connectivity index (χ0n) is 18.6. The number of fused-ring (bicyclic) bond motifs is 3. The zero-order valence-corrected chi connectivity index (χ0v) is 23.8. The summed E-state index contributed by atoms with van der Waals surface area (Å²) in [6.45, 7) is 3.37. The average Bonchev–Trinajstić information content (AvgIpc) is 3.19. The summed E-state index contributed by atoms with van der Waals surface area (Å²) in [5, 5.41) is 0. The third kappa shape index (κ3) is 4.96. The van der Waals surface area contributed by atoms with E-state index in [-0.39, 0.29) is 6.79 Å². The quantitative estimate of drug-likeness (QED) is 0.0767. The van der Waals surface area contributed by atoms with Gasteiger partial charge in [-0.15, -0.1) is 0 Å². The first kappa shape index (κ1) is 24.0. The minimum Gasteiger partial charge on any atom is -0.489 e. The highest BCUT2D eigenvalue weighted by atomic mass is 127. The van der Waals surface area contributed by atoms with Gasteiger partial charge >= 0.3 is 0 Å². The van der Waals surface area contributed by atoms with E-state index in [1.807, 2.05) is 6.92 Å². The molecule has 34 heavy (non-hydrogen) atoms. The lowest BCUT2D eigenvalue weighted by molar-refractivity contribution is 0.0213. The SMILES string of the molecule is CCOCOc1c(I)cc(COc2ccc([SH]3c4ccccc4-c4ccccc43)cc2)cc1I. The Balaban J connectivity index is 1.31. The van der Waals surface area contributed by atoms with Crippen LogP contribution in [0.25, 0.3) is 11.1 Å². The van der Waals surface area contributed by atoms with Gasteiger partial charge in [-0.05, 0) is 122 Å². The summed E-state index contributed by atoms with van der Waals surface area (Å²) in [5.74, 6) is 1.74. The molecular weight excluding hydrogens is 670 g/mol. The molecule has 0 atom stereocenters. The van der Waals surface area contributed by atoms with Gasteiger partial charge < -0.3 is 14.2 Å². The molecule has 174 valence electrons. The van der Waals surface area contributed by atoms with E-state index in [0.29, 0.717) is 13.2 Å². The topological polar surface area (TPSA) is 27.7 Å². The molecule has 3 nitrogen and oxygen atoms in total. The fraction of sp³-hybridized carbons (Fsp3) is 0.143. The van der Waals surface area contributed by atoms with Crippen LogP contribution in [-0.2, 0) is 11.3 Å². The van der Waals surface area contributed by atoms with Crippen molar-refractivity contribution in [2.75, 3.05) is 13.4 Å². The summed E-state index contributed by atoms with van der Waals surface area (Å²) in [7, 11) is -0.538. The number of hydrogen-bond donors (Lipinski definition) is 1. The molecule has 0 aromatic heterocycles. The minimum atomic E-state index is -0.538. The Bertz CT molecular complexity index is 1240. The highest BCUT2D eigenvalue weighted by Gasteiger charge is 2.26. The van der Waals surface area contributed by atoms with Crippen LogP contribution in [0.2, 0.25) is 0 Å². The van der Waals surface area contributed by atoms with Gasteiger partial charge in [-0.25, -0.2) is 0 Å². The summed E-state index contributed by atoms with van der Waals surface area (Å²) in [6, 6.07) is 30.4. The number of hydrogen-bond acceptors (Lipinski definition) is 3. The van der Waals surface area contributed by atoms with E-state index >= 15 is 0 Å². The fourth-order valence-electron chi connectivity index (χ4n) is 4.08. The van der Waals surface area contributed by atoms with Gasteiger partial charge in [0, 0.05) is 16.4 Å². The summed E-state index contributed by atoms with van der Waals surface area (Å²) in [6.07, 6.45) is 0. The van der Waals surface area contributed by atoms with Gasteiger partial charge in [-0.2, -0.15) is 10.9 Å². The fourth-order valence-corrected chi connectivity index (χ4v) is 8.89. The first-order chi connectivity index (χ1) is 16.7. The van der Waals surface area contributed by atoms with Crippen LogP contribution in [0.15, 0.2) is 99.6 Å². The summed E-state index contributed by atoms with van der Waals surface area (Å²) >= 11 is 4.61. The standard InChI is InChI=1S/C28H24I2O3S/c1-2-31-18-33-28-24(29)15-19(16-25(28)30)17-32-20-11-13-21(14-12-20)34-26-9-5-3-7-22(26)23-8-4-6-10-27(23)34/h3-16,34H,2,17-18H2,1H3. The van der Waals surface area contributed by atoms with Crippen LogP contribution in [0.4, 0.5) is 0 Å². The van der Waals surface area contributed by atoms with E-state index in [2.05, 4.69) is 130 Å². The lowest BCUT2D eigenvalue weighted by atomic mass is 10.1. The van der Waals surface area contributed by atoms with Crippen molar-refractivity contribution >= 4 is 56.1 Å². The normalized spacial score (nSPS) is 12.9. The van der Waals surface area contributed by atoms with E-state index in [9.17, 15) is 0 Å². The highest BCUT2D eigenvalue weighted by molar-refractivity contribution is 14.1. The van der Waals surface area contributed by atoms with Crippen molar-refractivity contribution < 1.29 is 14.2 Å². The second-order valence-corrected chi connectivity index (χ2v) is 12.3. The number of halogens is 2. The first-order valence-electron chi connectivity index (χ1n) is 11.1. The Labute approximate surface area is 230 Å². The molecule has 4 aromatic rings. The largest absolute Gasteiger partial charge is 0.489 e. The Morgan fingerprint density at radius 2 is 1.32 bits per heavy atom. The van der Waals surface area contributed by atoms with Crippen molar-refractivity contribution in [2.24, 2.45) is 0 Å². The maximum Gasteiger partial charge on any atom is 0.189 e. The molecule has 0 saturated heterocycles. The molecule has 0 unspecified atom stereocenters. The lowest BCUT2D eigenvalue weighted by Crippen LogP contribution is -2.05. The Morgan fingerprint density at radius 3 is 1.91 bits per heavy atom. The van der Waals surface area contributed by atoms with E-state index in [0.717, 1.165) is 24.2 Å². The van der Waals surface area contributed by atoms with E-state index in [4.69, 9.17) is 14.2 Å². The van der Waals surface area contributed by atoms with Crippen LogP contribution < -0.4 is 9.47 Å². The molecule has 0 radical (unpaired) electrons. The Hall–Kier alpha value is -1.75. The number of rotatable bonds is 8. The van der Waals surface area contributed by atoms with Gasteiger partial charge in [-0.3, -0.25) is 0 Å². The third-order valence-corrected chi connectivity index (χ3v) is 9.79. The molecule has 0 bridgehead atoms. The smallest absolute Gasteiger partial charge is 0.189 e. The van der Waals surface area contributed by atoms with Crippen LogP contribution in [0.3, 0.4) is 0 Å². The summed E-state index contributed by atoms with van der Waals surface area (Å²) in [5.41, 5.74) is 3.84. The Kier molecular flexibility index (Phi) is 7.67. The second kappa shape index (κ2) is 10.9. The molecule has 0 spiro atoms. The first-order valence-corrected chi connectivity index (χ1v) is 14.6. The average molecular weight is 694 g/mol. The van der Waals surface area contributed by atoms with Crippen molar-refractivity contribution in [1.29, 1.82) is 0 Å². The predicted molar refractivity (Wildman–Crippen MR) is 155 cm³/mol. The van der Waals surface area contributed by atoms with E-state index < -0.39 is 10.9 Å². The molecule has 1 heterocycles. The summed E-state index contributed by atoms with van der Waals surface area (Å²) < 4.78 is 19.3. The van der Waals surface area contributed by atoms with Gasteiger partial charge in [-0.1, -0.05) is 36.4 Å². The Morgan fingerprint density at radius 1 is 0.735 bits per heavy atom. The molecule has 1 aliphatic rings. The van der Waals surface area contributed by atoms with Crippen LogP contribution in [0.5, 0.6) is 11.5 Å². The molecule has 0 amide bonds. The van der Waals surface area contributed by atoms with Crippen LogP contribution in [0.1, 0.15) is 12.5 Å². The summed E-state index contributed by atoms with van der Waals surface area (Å²) in [4.78, 5) is 4.21. The van der Waals surface area contributed by atoms with Gasteiger partial charge in [0.15, 0.2) is 6.79 Å². The van der Waals surface area contributed by atoms with Crippen molar-refractivity contribution in [3.8, 4) is 22.6 Å². The van der Waals surface area contributed by atoms with Crippen molar-refractivity contribution in [3.63, 3.8) is 0 Å². The van der Waals surface area contributed by atoms with E-state index in [1.54, 1.807) is 0 Å². The number of thiol groups is 1. The van der Waals surface area contributed by atoms with Crippen LogP contribution >= 0.6 is 56.1 Å². The number of ether oxygens (including phenoxy) is 3. The van der Waals surface area contributed by atoms with Gasteiger partial charge in [0.1, 0.15) is 18.1 Å². The maximum atomic E-state index is 6.13. The molecule has 0 aliphatic carbocycles. The number of benzene rings is 4. The molecule has 0 fully saturated rings. The molecule has 1 aliphatic heterocycles. The molecular formula is C28H24I2O3S. The molecule has 5 rings (SSSR count).